The van der Waals surface area contributed by atoms with Gasteiger partial charge in [-0.05, 0) is 55.5 Å². The van der Waals surface area contributed by atoms with Crippen LogP contribution in [0.2, 0.25) is 0 Å². The van der Waals surface area contributed by atoms with Crippen LogP contribution in [0.5, 0.6) is 0 Å². The Labute approximate surface area is 239 Å². The van der Waals surface area contributed by atoms with Crippen LogP contribution in [0.25, 0.3) is 33.3 Å². The topological polar surface area (TPSA) is 132 Å². The lowest BCUT2D eigenvalue weighted by molar-refractivity contribution is -0.124. The van der Waals surface area contributed by atoms with E-state index in [1.165, 1.54) is 0 Å². The van der Waals surface area contributed by atoms with Gasteiger partial charge in [0.1, 0.15) is 21.5 Å². The zero-order valence-corrected chi connectivity index (χ0v) is 23.3. The number of nitriles is 1. The average Bonchev–Trinajstić information content (AvgIpc) is 3.55. The van der Waals surface area contributed by atoms with Crippen molar-refractivity contribution in [1.82, 2.24) is 4.98 Å². The summed E-state index contributed by atoms with van der Waals surface area (Å²) in [6.45, 7) is 5.18. The lowest BCUT2D eigenvalue weighted by atomic mass is 9.99. The van der Waals surface area contributed by atoms with E-state index < -0.39 is 23.9 Å². The van der Waals surface area contributed by atoms with Gasteiger partial charge in [-0.15, -0.1) is 11.3 Å². The summed E-state index contributed by atoms with van der Waals surface area (Å²) in [4.78, 5) is 43.9. The number of carbonyl (C=O) groups excluding carboxylic acids is 3. The predicted molar refractivity (Wildman–Crippen MR) is 155 cm³/mol. The summed E-state index contributed by atoms with van der Waals surface area (Å²) in [5, 5.41) is 13.9. The number of hydrogen-bond acceptors (Lipinski definition) is 9. The van der Waals surface area contributed by atoms with Crippen molar-refractivity contribution in [1.29, 1.82) is 5.26 Å². The maximum absolute atomic E-state index is 13.5. The van der Waals surface area contributed by atoms with Gasteiger partial charge in [-0.25, -0.2) is 14.6 Å². The number of esters is 2. The van der Waals surface area contributed by atoms with Gasteiger partial charge in [0, 0.05) is 10.9 Å². The highest BCUT2D eigenvalue weighted by Crippen LogP contribution is 2.35. The maximum atomic E-state index is 13.5. The Morgan fingerprint density at radius 2 is 1.80 bits per heavy atom. The van der Waals surface area contributed by atoms with Gasteiger partial charge in [0.15, 0.2) is 11.7 Å². The second kappa shape index (κ2) is 11.6. The highest BCUT2D eigenvalue weighted by atomic mass is 32.1. The van der Waals surface area contributed by atoms with Crippen LogP contribution in [0.4, 0.5) is 5.00 Å². The number of aromatic nitrogens is 1. The van der Waals surface area contributed by atoms with Crippen molar-refractivity contribution in [3.63, 3.8) is 0 Å². The van der Waals surface area contributed by atoms with Crippen LogP contribution < -0.4 is 5.32 Å². The van der Waals surface area contributed by atoms with Gasteiger partial charge in [-0.1, -0.05) is 43.3 Å². The monoisotopic (exact) mass is 567 g/mol. The van der Waals surface area contributed by atoms with Gasteiger partial charge >= 0.3 is 11.9 Å². The Hall–Kier alpha value is -5.01. The first-order valence-corrected chi connectivity index (χ1v) is 13.8. The molecule has 2 aromatic heterocycles. The number of anilines is 1. The van der Waals surface area contributed by atoms with Gasteiger partial charge in [-0.2, -0.15) is 5.26 Å². The van der Waals surface area contributed by atoms with Gasteiger partial charge in [-0.3, -0.25) is 4.79 Å². The first-order valence-electron chi connectivity index (χ1n) is 13.0. The minimum atomic E-state index is -1.16. The Bertz CT molecular complexity index is 1810. The first kappa shape index (κ1) is 27.6. The van der Waals surface area contributed by atoms with Crippen molar-refractivity contribution in [2.45, 2.75) is 33.3 Å². The fraction of sp³-hybridized carbons (Fsp3) is 0.194. The Kier molecular flexibility index (Phi) is 7.81. The molecule has 5 rings (SSSR count). The van der Waals surface area contributed by atoms with E-state index in [4.69, 9.17) is 13.9 Å². The second-order valence-electron chi connectivity index (χ2n) is 9.08. The van der Waals surface area contributed by atoms with E-state index in [2.05, 4.69) is 10.3 Å². The number of benzene rings is 3. The maximum Gasteiger partial charge on any atom is 0.348 e. The van der Waals surface area contributed by atoms with Gasteiger partial charge < -0.3 is 19.2 Å². The summed E-state index contributed by atoms with van der Waals surface area (Å²) in [5.41, 5.74) is 2.75. The minimum Gasteiger partial charge on any atom is -0.462 e. The molecule has 5 aromatic rings. The van der Waals surface area contributed by atoms with Crippen molar-refractivity contribution in [2.24, 2.45) is 0 Å². The molecule has 2 heterocycles. The Morgan fingerprint density at radius 1 is 1.05 bits per heavy atom. The van der Waals surface area contributed by atoms with Crippen LogP contribution in [0, 0.1) is 18.3 Å². The molecule has 0 bridgehead atoms. The molecule has 0 radical (unpaired) electrons. The van der Waals surface area contributed by atoms with Crippen molar-refractivity contribution in [3.8, 4) is 17.5 Å². The predicted octanol–water partition coefficient (Wildman–Crippen LogP) is 6.64. The number of thiophene rings is 1. The number of carbonyl (C=O) groups is 3. The van der Waals surface area contributed by atoms with E-state index >= 15 is 0 Å². The third-order valence-corrected chi connectivity index (χ3v) is 7.70. The molecule has 1 atom stereocenters. The summed E-state index contributed by atoms with van der Waals surface area (Å²) >= 11 is 0.946. The smallest absolute Gasteiger partial charge is 0.348 e. The normalized spacial score (nSPS) is 11.7. The van der Waals surface area contributed by atoms with Crippen LogP contribution in [-0.4, -0.2) is 35.5 Å². The molecule has 0 aliphatic carbocycles. The van der Waals surface area contributed by atoms with Crippen molar-refractivity contribution >= 4 is 56.1 Å². The van der Waals surface area contributed by atoms with Gasteiger partial charge in [0.2, 0.25) is 5.89 Å². The summed E-state index contributed by atoms with van der Waals surface area (Å²) < 4.78 is 16.7. The highest BCUT2D eigenvalue weighted by molar-refractivity contribution is 7.18. The SMILES string of the molecule is CCOC(=O)c1sc(NC(=O)C(CC)OC(=O)c2cccc3cccc(-c4nc5ccccc5o4)c23)c(C#N)c1C. The fourth-order valence-electron chi connectivity index (χ4n) is 4.51. The van der Waals surface area contributed by atoms with E-state index in [1.54, 1.807) is 32.9 Å². The zero-order valence-electron chi connectivity index (χ0n) is 22.5. The molecule has 0 fully saturated rings. The standard InChI is InChI=1S/C31H25N3O6S/c1-4-23(27(35)34-29-21(16-32)17(3)26(41-29)31(37)38-5-2)40-30(36)20-13-9-11-18-10-8-12-19(25(18)20)28-33-22-14-6-7-15-24(22)39-28/h6-15,23H,4-5H2,1-3H3,(H,34,35). The molecule has 1 amide bonds. The Morgan fingerprint density at radius 3 is 2.51 bits per heavy atom. The number of hydrogen-bond donors (Lipinski definition) is 1. The largest absolute Gasteiger partial charge is 0.462 e. The molecular formula is C31H25N3O6S. The fourth-order valence-corrected chi connectivity index (χ4v) is 5.57. The summed E-state index contributed by atoms with van der Waals surface area (Å²) in [6.07, 6.45) is -0.980. The average molecular weight is 568 g/mol. The Balaban J connectivity index is 1.44. The number of rotatable bonds is 8. The van der Waals surface area contributed by atoms with Crippen LogP contribution in [0.1, 0.15) is 51.4 Å². The number of fused-ring (bicyclic) bond motifs is 2. The molecule has 9 nitrogen and oxygen atoms in total. The number of oxazole rings is 1. The highest BCUT2D eigenvalue weighted by Gasteiger charge is 2.28. The quantitative estimate of drug-likeness (QED) is 0.206. The number of nitrogens with one attached hydrogen (secondary N) is 1. The number of ether oxygens (including phenoxy) is 2. The van der Waals surface area contributed by atoms with E-state index in [-0.39, 0.29) is 34.0 Å². The number of nitrogens with zero attached hydrogens (tertiary/aromatic N) is 2. The third kappa shape index (κ3) is 5.27. The molecule has 1 N–H and O–H groups in total. The molecule has 0 aliphatic heterocycles. The molecule has 3 aromatic carbocycles. The van der Waals surface area contributed by atoms with Crippen LogP contribution in [-0.2, 0) is 14.3 Å². The van der Waals surface area contributed by atoms with E-state index in [0.717, 1.165) is 16.7 Å². The van der Waals surface area contributed by atoms with Crippen LogP contribution in [0.15, 0.2) is 65.1 Å². The second-order valence-corrected chi connectivity index (χ2v) is 10.1. The van der Waals surface area contributed by atoms with Crippen molar-refractivity contribution in [2.75, 3.05) is 11.9 Å². The van der Waals surface area contributed by atoms with E-state index in [1.807, 2.05) is 54.6 Å². The summed E-state index contributed by atoms with van der Waals surface area (Å²) in [5.74, 6) is -1.53. The molecule has 41 heavy (non-hydrogen) atoms. The lowest BCUT2D eigenvalue weighted by Crippen LogP contribution is -2.32. The number of amides is 1. The number of para-hydroxylation sites is 2. The first-order chi connectivity index (χ1) is 19.9. The van der Waals surface area contributed by atoms with E-state index in [9.17, 15) is 19.6 Å². The molecule has 206 valence electrons. The van der Waals surface area contributed by atoms with Gasteiger partial charge in [0.05, 0.1) is 17.7 Å². The summed E-state index contributed by atoms with van der Waals surface area (Å²) in [6, 6.07) is 20.2. The molecule has 10 heteroatoms. The van der Waals surface area contributed by atoms with Crippen LogP contribution >= 0.6 is 11.3 Å². The molecule has 0 spiro atoms. The molecule has 0 saturated carbocycles. The minimum absolute atomic E-state index is 0.157. The molecule has 0 aliphatic rings. The van der Waals surface area contributed by atoms with Crippen molar-refractivity contribution < 1.29 is 28.3 Å². The molecular weight excluding hydrogens is 542 g/mol. The van der Waals surface area contributed by atoms with E-state index in [0.29, 0.717) is 33.5 Å². The zero-order chi connectivity index (χ0) is 29.1. The van der Waals surface area contributed by atoms with Crippen molar-refractivity contribution in [3.05, 3.63) is 82.2 Å². The molecule has 1 unspecified atom stereocenters. The molecule has 0 saturated heterocycles. The van der Waals surface area contributed by atoms with Gasteiger partial charge in [0.25, 0.3) is 5.91 Å². The summed E-state index contributed by atoms with van der Waals surface area (Å²) in [7, 11) is 0. The third-order valence-electron chi connectivity index (χ3n) is 6.52. The van der Waals surface area contributed by atoms with Crippen LogP contribution in [0.3, 0.4) is 0 Å². The lowest BCUT2D eigenvalue weighted by Gasteiger charge is -2.17.